The minimum absolute atomic E-state index is 0.126. The standard InChI is InChI=1S/C16H14N8OS/c1-22-13-11(5-20-24(16(13)25)6-10-3-2-4-17-10)14-15(22)21-12(26-14)7-23-8-18-19-9-23/h2-3,5,8-9H,4,6-7H2,1H3. The Hall–Kier alpha value is -3.14. The van der Waals surface area contributed by atoms with Gasteiger partial charge < -0.3 is 9.13 Å². The monoisotopic (exact) mass is 366 g/mol. The van der Waals surface area contributed by atoms with Gasteiger partial charge in [0.2, 0.25) is 0 Å². The van der Waals surface area contributed by atoms with E-state index in [0.29, 0.717) is 25.2 Å². The van der Waals surface area contributed by atoms with Gasteiger partial charge in [0, 0.05) is 12.4 Å². The molecule has 130 valence electrons. The second kappa shape index (κ2) is 5.70. The van der Waals surface area contributed by atoms with Gasteiger partial charge in [0.25, 0.3) is 5.56 Å². The number of rotatable bonds is 4. The summed E-state index contributed by atoms with van der Waals surface area (Å²) < 4.78 is 6.14. The minimum Gasteiger partial charge on any atom is -0.323 e. The smallest absolute Gasteiger partial charge is 0.291 e. The van der Waals surface area contributed by atoms with Crippen molar-refractivity contribution in [3.8, 4) is 0 Å². The fourth-order valence-electron chi connectivity index (χ4n) is 3.14. The minimum atomic E-state index is -0.126. The lowest BCUT2D eigenvalue weighted by Gasteiger charge is -2.04. The number of allylic oxidation sites excluding steroid dienone is 1. The Bertz CT molecular complexity index is 1240. The van der Waals surface area contributed by atoms with E-state index in [9.17, 15) is 4.79 Å². The van der Waals surface area contributed by atoms with Crippen molar-refractivity contribution in [2.24, 2.45) is 12.0 Å². The van der Waals surface area contributed by atoms with Crippen LogP contribution in [0.25, 0.3) is 21.3 Å². The predicted octanol–water partition coefficient (Wildman–Crippen LogP) is 0.995. The molecule has 0 amide bonds. The number of aromatic nitrogens is 7. The maximum absolute atomic E-state index is 12.9. The number of nitrogens with zero attached hydrogens (tertiary/aromatic N) is 8. The molecule has 0 saturated carbocycles. The summed E-state index contributed by atoms with van der Waals surface area (Å²) in [4.78, 5) is 21.9. The summed E-state index contributed by atoms with van der Waals surface area (Å²) in [6.45, 7) is 1.66. The van der Waals surface area contributed by atoms with Gasteiger partial charge in [-0.25, -0.2) is 9.67 Å². The zero-order chi connectivity index (χ0) is 17.7. The average Bonchev–Trinajstić information content (AvgIpc) is 3.39. The van der Waals surface area contributed by atoms with Gasteiger partial charge in [-0.1, -0.05) is 6.08 Å². The Balaban J connectivity index is 1.61. The van der Waals surface area contributed by atoms with Crippen molar-refractivity contribution in [2.75, 3.05) is 6.54 Å². The fourth-order valence-corrected chi connectivity index (χ4v) is 4.25. The first kappa shape index (κ1) is 15.1. The molecule has 0 bridgehead atoms. The summed E-state index contributed by atoms with van der Waals surface area (Å²) in [7, 11) is 1.87. The average molecular weight is 366 g/mol. The number of hydrogen-bond donors (Lipinski definition) is 0. The van der Waals surface area contributed by atoms with Crippen LogP contribution >= 0.6 is 11.3 Å². The van der Waals surface area contributed by atoms with Crippen molar-refractivity contribution in [1.82, 2.24) is 34.1 Å². The summed E-state index contributed by atoms with van der Waals surface area (Å²) in [5.41, 5.74) is 2.15. The summed E-state index contributed by atoms with van der Waals surface area (Å²) in [5.74, 6) is 0. The highest BCUT2D eigenvalue weighted by atomic mass is 32.1. The van der Waals surface area contributed by atoms with Crippen molar-refractivity contribution >= 4 is 38.3 Å². The van der Waals surface area contributed by atoms with E-state index in [1.165, 1.54) is 4.68 Å². The van der Waals surface area contributed by atoms with Crippen LogP contribution in [0.3, 0.4) is 0 Å². The van der Waals surface area contributed by atoms with Gasteiger partial charge in [-0.15, -0.1) is 21.5 Å². The van der Waals surface area contributed by atoms with Gasteiger partial charge in [-0.05, 0) is 6.08 Å². The van der Waals surface area contributed by atoms with E-state index in [4.69, 9.17) is 4.98 Å². The molecule has 0 aromatic carbocycles. The van der Waals surface area contributed by atoms with E-state index in [2.05, 4.69) is 20.3 Å². The summed E-state index contributed by atoms with van der Waals surface area (Å²) in [6, 6.07) is 0. The molecular formula is C16H14N8OS. The van der Waals surface area contributed by atoms with Crippen molar-refractivity contribution < 1.29 is 0 Å². The van der Waals surface area contributed by atoms with E-state index >= 15 is 0 Å². The van der Waals surface area contributed by atoms with Crippen LogP contribution in [0.2, 0.25) is 0 Å². The van der Waals surface area contributed by atoms with E-state index in [1.807, 2.05) is 28.3 Å². The third-order valence-electron chi connectivity index (χ3n) is 4.38. The quantitative estimate of drug-likeness (QED) is 0.537. The second-order valence-electron chi connectivity index (χ2n) is 6.06. The number of fused-ring (bicyclic) bond motifs is 3. The molecule has 5 rings (SSSR count). The van der Waals surface area contributed by atoms with Crippen molar-refractivity contribution in [1.29, 1.82) is 0 Å². The lowest BCUT2D eigenvalue weighted by atomic mass is 10.3. The second-order valence-corrected chi connectivity index (χ2v) is 7.14. The Morgan fingerprint density at radius 1 is 1.23 bits per heavy atom. The first-order valence-electron chi connectivity index (χ1n) is 8.07. The van der Waals surface area contributed by atoms with Crippen molar-refractivity contribution in [3.63, 3.8) is 0 Å². The van der Waals surface area contributed by atoms with Crippen LogP contribution in [0.15, 0.2) is 40.8 Å². The predicted molar refractivity (Wildman–Crippen MR) is 98.7 cm³/mol. The van der Waals surface area contributed by atoms with Gasteiger partial charge in [-0.3, -0.25) is 9.79 Å². The molecule has 4 aromatic heterocycles. The fraction of sp³-hybridized carbons (Fsp3) is 0.250. The molecule has 0 spiro atoms. The molecule has 0 fully saturated rings. The maximum Gasteiger partial charge on any atom is 0.291 e. The Labute approximate surface area is 150 Å². The largest absolute Gasteiger partial charge is 0.323 e. The Morgan fingerprint density at radius 2 is 2.08 bits per heavy atom. The molecule has 4 aromatic rings. The molecule has 9 nitrogen and oxygen atoms in total. The van der Waals surface area contributed by atoms with Crippen molar-refractivity contribution in [2.45, 2.75) is 13.1 Å². The third-order valence-corrected chi connectivity index (χ3v) is 5.44. The molecule has 1 aliphatic heterocycles. The van der Waals surface area contributed by atoms with E-state index < -0.39 is 0 Å². The van der Waals surface area contributed by atoms with Crippen LogP contribution < -0.4 is 5.56 Å². The molecule has 0 atom stereocenters. The first-order valence-corrected chi connectivity index (χ1v) is 8.88. The molecule has 0 radical (unpaired) electrons. The molecular weight excluding hydrogens is 352 g/mol. The molecule has 5 heterocycles. The molecule has 0 unspecified atom stereocenters. The van der Waals surface area contributed by atoms with Crippen LogP contribution in [0, 0.1) is 0 Å². The maximum atomic E-state index is 12.9. The zero-order valence-electron chi connectivity index (χ0n) is 13.9. The molecule has 0 aliphatic carbocycles. The van der Waals surface area contributed by atoms with Gasteiger partial charge in [-0.2, -0.15) is 5.10 Å². The van der Waals surface area contributed by atoms with E-state index in [0.717, 1.165) is 26.5 Å². The van der Waals surface area contributed by atoms with E-state index in [1.54, 1.807) is 30.2 Å². The number of aliphatic imine (C=N–C) groups is 1. The number of hydrogen-bond acceptors (Lipinski definition) is 7. The third kappa shape index (κ3) is 2.30. The van der Waals surface area contributed by atoms with Crippen molar-refractivity contribution in [3.05, 3.63) is 46.4 Å². The highest BCUT2D eigenvalue weighted by molar-refractivity contribution is 7.19. The van der Waals surface area contributed by atoms with Crippen LogP contribution in [-0.4, -0.2) is 46.4 Å². The molecule has 10 heteroatoms. The summed E-state index contributed by atoms with van der Waals surface area (Å²) >= 11 is 1.56. The van der Waals surface area contributed by atoms with Crippen LogP contribution in [0.5, 0.6) is 0 Å². The van der Waals surface area contributed by atoms with Gasteiger partial charge in [0.15, 0.2) is 5.65 Å². The first-order chi connectivity index (χ1) is 12.7. The normalized spacial score (nSPS) is 14.0. The summed E-state index contributed by atoms with van der Waals surface area (Å²) in [5, 5.41) is 13.7. The highest BCUT2D eigenvalue weighted by Gasteiger charge is 2.18. The topological polar surface area (TPSA) is 95.8 Å². The molecule has 1 aliphatic rings. The molecule has 0 saturated heterocycles. The van der Waals surface area contributed by atoms with Gasteiger partial charge in [0.1, 0.15) is 23.2 Å². The Morgan fingerprint density at radius 3 is 2.85 bits per heavy atom. The molecule has 26 heavy (non-hydrogen) atoms. The Kier molecular flexibility index (Phi) is 3.32. The van der Waals surface area contributed by atoms with Crippen LogP contribution in [0.1, 0.15) is 5.01 Å². The number of aryl methyl sites for hydroxylation is 1. The van der Waals surface area contributed by atoms with Crippen LogP contribution in [0.4, 0.5) is 0 Å². The lowest BCUT2D eigenvalue weighted by molar-refractivity contribution is 0.676. The zero-order valence-corrected chi connectivity index (χ0v) is 14.7. The van der Waals surface area contributed by atoms with Gasteiger partial charge in [0.05, 0.1) is 36.2 Å². The SMILES string of the molecule is Cn1c2nc(Cn3cnnc3)sc2c2cnn(CC3=NCC=C3)c(=O)c21. The molecule has 0 N–H and O–H groups in total. The number of thiazole rings is 1. The highest BCUT2D eigenvalue weighted by Crippen LogP contribution is 2.31. The van der Waals surface area contributed by atoms with E-state index in [-0.39, 0.29) is 5.56 Å². The lowest BCUT2D eigenvalue weighted by Crippen LogP contribution is -2.26. The van der Waals surface area contributed by atoms with Crippen LogP contribution in [-0.2, 0) is 20.1 Å². The summed E-state index contributed by atoms with van der Waals surface area (Å²) in [6.07, 6.45) is 8.97. The van der Waals surface area contributed by atoms with Gasteiger partial charge >= 0.3 is 0 Å².